The minimum Gasteiger partial charge on any atom is -0.222 e. The standard InChI is InChI=1S/3C7H8.6CHNO/c3*1-7-5-3-2-4-6-7;6*2-1-3/h3*2-6H,1H3;6*2H. The molecule has 204 valence electrons. The van der Waals surface area contributed by atoms with Gasteiger partial charge in [-0.05, 0) is 20.8 Å². The lowest BCUT2D eigenvalue weighted by molar-refractivity contribution is 0.562. The van der Waals surface area contributed by atoms with E-state index in [1.54, 1.807) is 0 Å². The number of aryl methyl sites for hydroxylation is 3. The average Bonchev–Trinajstić information content (AvgIpc) is 2.89. The number of hydrogen-bond donors (Lipinski definition) is 6. The fourth-order valence-corrected chi connectivity index (χ4v) is 1.60. The van der Waals surface area contributed by atoms with Crippen LogP contribution in [0.1, 0.15) is 16.7 Å². The molecule has 0 aromatic heterocycles. The molecule has 0 unspecified atom stereocenters. The first kappa shape index (κ1) is 46.3. The fourth-order valence-electron chi connectivity index (χ4n) is 1.60. The van der Waals surface area contributed by atoms with Crippen molar-refractivity contribution in [2.75, 3.05) is 0 Å². The third-order valence-electron chi connectivity index (χ3n) is 2.82. The van der Waals surface area contributed by atoms with Gasteiger partial charge in [0.05, 0.1) is 0 Å². The third-order valence-corrected chi connectivity index (χ3v) is 2.82. The zero-order chi connectivity index (χ0) is 31.6. The summed E-state index contributed by atoms with van der Waals surface area (Å²) in [5, 5.41) is 32.4. The van der Waals surface area contributed by atoms with Gasteiger partial charge < -0.3 is 0 Å². The molecule has 0 radical (unpaired) electrons. The second kappa shape index (κ2) is 53.3. The van der Waals surface area contributed by atoms with Crippen LogP contribution in [-0.4, -0.2) is 36.5 Å². The zero-order valence-corrected chi connectivity index (χ0v) is 21.6. The highest BCUT2D eigenvalue weighted by molar-refractivity contribution is 5.27. The van der Waals surface area contributed by atoms with Crippen LogP contribution >= 0.6 is 0 Å². The summed E-state index contributed by atoms with van der Waals surface area (Å²) in [6.45, 7) is 6.25. The second-order valence-electron chi connectivity index (χ2n) is 5.58. The molecule has 3 aromatic carbocycles. The molecule has 0 aliphatic heterocycles. The van der Waals surface area contributed by atoms with Crippen molar-refractivity contribution in [1.29, 1.82) is 32.5 Å². The molecule has 12 heteroatoms. The summed E-state index contributed by atoms with van der Waals surface area (Å²) in [7, 11) is 0. The van der Waals surface area contributed by atoms with Crippen LogP contribution in [0.5, 0.6) is 0 Å². The minimum atomic E-state index is 0.750. The molecule has 3 aromatic rings. The quantitative estimate of drug-likeness (QED) is 0.163. The summed E-state index contributed by atoms with van der Waals surface area (Å²) >= 11 is 0. The van der Waals surface area contributed by atoms with Crippen LogP contribution < -0.4 is 0 Å². The predicted molar refractivity (Wildman–Crippen MR) is 144 cm³/mol. The second-order valence-corrected chi connectivity index (χ2v) is 5.58. The van der Waals surface area contributed by atoms with Gasteiger partial charge in [-0.1, -0.05) is 108 Å². The van der Waals surface area contributed by atoms with Gasteiger partial charge in [0.15, 0.2) is 0 Å². The van der Waals surface area contributed by atoms with Gasteiger partial charge >= 0.3 is 0 Å². The summed E-state index contributed by atoms with van der Waals surface area (Å²) in [6, 6.07) is 30.8. The Morgan fingerprint density at radius 2 is 0.436 bits per heavy atom. The molecular weight excluding hydrogens is 504 g/mol. The molecule has 0 amide bonds. The lowest BCUT2D eigenvalue weighted by atomic mass is 10.2. The Morgan fingerprint density at radius 3 is 0.487 bits per heavy atom. The Morgan fingerprint density at radius 1 is 0.333 bits per heavy atom. The molecule has 0 saturated carbocycles. The number of carbonyl (C=O) groups excluding carboxylic acids is 6. The lowest BCUT2D eigenvalue weighted by Crippen LogP contribution is -1.62. The topological polar surface area (TPSA) is 246 Å². The van der Waals surface area contributed by atoms with E-state index >= 15 is 0 Å². The van der Waals surface area contributed by atoms with E-state index in [4.69, 9.17) is 61.2 Å². The molecule has 0 aliphatic carbocycles. The van der Waals surface area contributed by atoms with Gasteiger partial charge in [-0.3, -0.25) is 0 Å². The predicted octanol–water partition coefficient (Wildman–Crippen LogP) is 5.39. The van der Waals surface area contributed by atoms with Gasteiger partial charge in [-0.2, -0.15) is 0 Å². The smallest absolute Gasteiger partial charge is 0.222 e. The Balaban J connectivity index is -0.0000000816. The van der Waals surface area contributed by atoms with Crippen molar-refractivity contribution in [3.63, 3.8) is 0 Å². The molecule has 0 atom stereocenters. The van der Waals surface area contributed by atoms with Gasteiger partial charge in [-0.15, -0.1) is 0 Å². The van der Waals surface area contributed by atoms with Crippen LogP contribution in [0.3, 0.4) is 0 Å². The highest BCUT2D eigenvalue weighted by Gasteiger charge is 1.73. The van der Waals surface area contributed by atoms with Crippen LogP contribution in [0.25, 0.3) is 0 Å². The fraction of sp³-hybridized carbons (Fsp3) is 0.111. The SMILES string of the molecule is Cc1ccccc1.Cc1ccccc1.Cc1ccccc1.N=C=O.N=C=O.N=C=O.N=C=O.N=C=O.N=C=O. The molecule has 3 rings (SSSR count). The first-order valence-corrected chi connectivity index (χ1v) is 9.96. The van der Waals surface area contributed by atoms with Crippen molar-refractivity contribution in [3.05, 3.63) is 108 Å². The maximum Gasteiger partial charge on any atom is 0.231 e. The summed E-state index contributed by atoms with van der Waals surface area (Å²) in [6.07, 6.45) is 4.50. The maximum atomic E-state index is 8.35. The number of hydrogen-bond acceptors (Lipinski definition) is 12. The van der Waals surface area contributed by atoms with Gasteiger partial charge in [0.1, 0.15) is 0 Å². The van der Waals surface area contributed by atoms with E-state index < -0.39 is 0 Å². The molecule has 0 aliphatic rings. The van der Waals surface area contributed by atoms with Crippen molar-refractivity contribution >= 4 is 36.5 Å². The molecule has 0 fully saturated rings. The molecule has 0 saturated heterocycles. The van der Waals surface area contributed by atoms with Crippen molar-refractivity contribution in [2.24, 2.45) is 0 Å². The number of isocyanates is 6. The third kappa shape index (κ3) is 89.0. The van der Waals surface area contributed by atoms with E-state index in [1.165, 1.54) is 16.7 Å². The average molecular weight is 535 g/mol. The molecule has 12 nitrogen and oxygen atoms in total. The van der Waals surface area contributed by atoms with Crippen LogP contribution in [-0.2, 0) is 28.8 Å². The van der Waals surface area contributed by atoms with Crippen LogP contribution in [0.15, 0.2) is 91.0 Å². The van der Waals surface area contributed by atoms with E-state index in [-0.39, 0.29) is 0 Å². The van der Waals surface area contributed by atoms with E-state index in [0.717, 1.165) is 36.5 Å². The Hall–Kier alpha value is -6.06. The number of rotatable bonds is 0. The highest BCUT2D eigenvalue weighted by Crippen LogP contribution is 1.93. The van der Waals surface area contributed by atoms with Crippen molar-refractivity contribution in [2.45, 2.75) is 20.8 Å². The maximum absolute atomic E-state index is 8.35. The van der Waals surface area contributed by atoms with Gasteiger partial charge in [0.25, 0.3) is 0 Å². The molecule has 0 spiro atoms. The molecular formula is C27H30N6O6. The minimum absolute atomic E-state index is 0.750. The normalized spacial score (nSPS) is 5.92. The van der Waals surface area contributed by atoms with E-state index in [0.29, 0.717) is 0 Å². The first-order valence-electron chi connectivity index (χ1n) is 9.96. The highest BCUT2D eigenvalue weighted by atomic mass is 16.1. The summed E-state index contributed by atoms with van der Waals surface area (Å²) in [5.74, 6) is 0. The molecule has 39 heavy (non-hydrogen) atoms. The summed E-state index contributed by atoms with van der Waals surface area (Å²) in [4.78, 5) is 50.1. The van der Waals surface area contributed by atoms with Crippen LogP contribution in [0, 0.1) is 53.2 Å². The van der Waals surface area contributed by atoms with Gasteiger partial charge in [0, 0.05) is 0 Å². The number of benzene rings is 3. The summed E-state index contributed by atoms with van der Waals surface area (Å²) in [5.41, 5.74) is 3.97. The Bertz CT molecular complexity index is 923. The van der Waals surface area contributed by atoms with Crippen molar-refractivity contribution in [1.82, 2.24) is 0 Å². The molecule has 6 N–H and O–H groups in total. The van der Waals surface area contributed by atoms with E-state index in [1.807, 2.05) is 54.6 Å². The van der Waals surface area contributed by atoms with Crippen molar-refractivity contribution < 1.29 is 28.8 Å². The van der Waals surface area contributed by atoms with E-state index in [2.05, 4.69) is 57.2 Å². The van der Waals surface area contributed by atoms with Gasteiger partial charge in [0.2, 0.25) is 36.5 Å². The van der Waals surface area contributed by atoms with Crippen molar-refractivity contribution in [3.8, 4) is 0 Å². The lowest BCUT2D eigenvalue weighted by Gasteiger charge is -1.82. The zero-order valence-electron chi connectivity index (χ0n) is 21.6. The summed E-state index contributed by atoms with van der Waals surface area (Å²) < 4.78 is 0. The van der Waals surface area contributed by atoms with Crippen LogP contribution in [0.2, 0.25) is 0 Å². The molecule has 0 bridgehead atoms. The largest absolute Gasteiger partial charge is 0.231 e. The van der Waals surface area contributed by atoms with E-state index in [9.17, 15) is 0 Å². The van der Waals surface area contributed by atoms with Gasteiger partial charge in [-0.25, -0.2) is 61.2 Å². The molecule has 0 heterocycles. The van der Waals surface area contributed by atoms with Crippen LogP contribution in [0.4, 0.5) is 0 Å². The number of nitrogens with one attached hydrogen (secondary N) is 6. The first-order chi connectivity index (χ1) is 18.7. The Kier molecular flexibility index (Phi) is 63.3. The Labute approximate surface area is 226 Å². The monoisotopic (exact) mass is 534 g/mol.